The topological polar surface area (TPSA) is 72.8 Å². The number of carbonyl (C=O) groups is 2. The molecule has 0 aliphatic carbocycles. The maximum absolute atomic E-state index is 12.3. The van der Waals surface area contributed by atoms with E-state index >= 15 is 0 Å². The minimum atomic E-state index is -0.656. The van der Waals surface area contributed by atoms with Crippen molar-refractivity contribution in [3.8, 4) is 5.75 Å². The molecule has 1 N–H and O–H groups in total. The molecule has 0 aliphatic heterocycles. The molecule has 0 aromatic heterocycles. The van der Waals surface area contributed by atoms with Gasteiger partial charge in [-0.05, 0) is 45.9 Å². The Balaban J connectivity index is 2.80. The number of hydrogen-bond donors (Lipinski definition) is 1. The number of phenols is 1. The van der Waals surface area contributed by atoms with Gasteiger partial charge in [0.25, 0.3) is 0 Å². The third-order valence-corrected chi connectivity index (χ3v) is 3.89. The summed E-state index contributed by atoms with van der Waals surface area (Å²) in [4.78, 5) is 24.5. The first-order valence-corrected chi connectivity index (χ1v) is 8.29. The first-order valence-electron chi connectivity index (χ1n) is 8.29. The molecule has 0 atom stereocenters. The van der Waals surface area contributed by atoms with E-state index in [9.17, 15) is 14.7 Å². The number of carbonyl (C=O) groups excluding carboxylic acids is 2. The summed E-state index contributed by atoms with van der Waals surface area (Å²) in [5.41, 5.74) is 2.30. The molecule has 0 bridgehead atoms. The molecule has 5 heteroatoms. The van der Waals surface area contributed by atoms with Crippen molar-refractivity contribution in [2.75, 3.05) is 13.2 Å². The first kappa shape index (κ1) is 20.5. The number of esters is 2. The minimum absolute atomic E-state index is 0.00545. The molecule has 0 radical (unpaired) electrons. The Bertz CT molecular complexity index is 671. The number of aromatic hydroxyl groups is 1. The molecule has 0 saturated heterocycles. The van der Waals surface area contributed by atoms with Crippen molar-refractivity contribution in [2.24, 2.45) is 0 Å². The maximum Gasteiger partial charge on any atom is 0.339 e. The molecule has 1 aromatic rings. The summed E-state index contributed by atoms with van der Waals surface area (Å²) in [7, 11) is 0. The monoisotopic (exact) mass is 346 g/mol. The van der Waals surface area contributed by atoms with Crippen LogP contribution in [0.5, 0.6) is 5.75 Å². The molecule has 1 rings (SSSR count). The molecule has 5 nitrogen and oxygen atoms in total. The van der Waals surface area contributed by atoms with Gasteiger partial charge >= 0.3 is 11.9 Å². The highest BCUT2D eigenvalue weighted by Gasteiger charge is 2.20. The lowest BCUT2D eigenvalue weighted by molar-refractivity contribution is 0.0461. The lowest BCUT2D eigenvalue weighted by atomic mass is 10.1. The number of rotatable bonds is 8. The van der Waals surface area contributed by atoms with E-state index in [0.29, 0.717) is 12.8 Å². The minimum Gasteiger partial charge on any atom is -0.508 e. The second kappa shape index (κ2) is 10.3. The fourth-order valence-electron chi connectivity index (χ4n) is 1.93. The number of ether oxygens (including phenoxy) is 2. The van der Waals surface area contributed by atoms with Gasteiger partial charge in [-0.1, -0.05) is 23.3 Å². The van der Waals surface area contributed by atoms with Gasteiger partial charge in [0, 0.05) is 12.8 Å². The van der Waals surface area contributed by atoms with Gasteiger partial charge in [-0.25, -0.2) is 9.59 Å². The van der Waals surface area contributed by atoms with E-state index in [0.717, 1.165) is 11.1 Å². The Morgan fingerprint density at radius 2 is 1.40 bits per heavy atom. The van der Waals surface area contributed by atoms with Crippen LogP contribution >= 0.6 is 0 Å². The number of allylic oxidation sites excluding steroid dienone is 2. The highest BCUT2D eigenvalue weighted by Crippen LogP contribution is 2.19. The number of hydrogen-bond acceptors (Lipinski definition) is 5. The van der Waals surface area contributed by atoms with Crippen molar-refractivity contribution in [3.05, 3.63) is 52.6 Å². The van der Waals surface area contributed by atoms with Gasteiger partial charge in [0.1, 0.15) is 5.75 Å². The molecule has 0 heterocycles. The lowest BCUT2D eigenvalue weighted by Gasteiger charge is -2.11. The summed E-state index contributed by atoms with van der Waals surface area (Å²) in [6.45, 7) is 8.16. The smallest absolute Gasteiger partial charge is 0.339 e. The second-order valence-corrected chi connectivity index (χ2v) is 5.77. The molecule has 1 aromatic carbocycles. The SMILES string of the molecule is CC=C(C)CCOC(=O)c1ccc(O)cc1C(=O)OCCC(C)=CC. The van der Waals surface area contributed by atoms with E-state index in [4.69, 9.17) is 9.47 Å². The van der Waals surface area contributed by atoms with Gasteiger partial charge in [-0.15, -0.1) is 0 Å². The fraction of sp³-hybridized carbons (Fsp3) is 0.400. The normalized spacial score (nSPS) is 12.0. The van der Waals surface area contributed by atoms with Gasteiger partial charge in [0.05, 0.1) is 24.3 Å². The predicted molar refractivity (Wildman–Crippen MR) is 96.8 cm³/mol. The van der Waals surface area contributed by atoms with Gasteiger partial charge < -0.3 is 14.6 Å². The van der Waals surface area contributed by atoms with Crippen LogP contribution in [0.25, 0.3) is 0 Å². The largest absolute Gasteiger partial charge is 0.508 e. The van der Waals surface area contributed by atoms with Crippen LogP contribution in [0.15, 0.2) is 41.5 Å². The molecule has 136 valence electrons. The third kappa shape index (κ3) is 6.83. The second-order valence-electron chi connectivity index (χ2n) is 5.77. The molecule has 0 aliphatic rings. The van der Waals surface area contributed by atoms with Gasteiger partial charge in [0.2, 0.25) is 0 Å². The van der Waals surface area contributed by atoms with E-state index < -0.39 is 11.9 Å². The standard InChI is InChI=1S/C20H26O5/c1-5-14(3)9-11-24-19(22)17-8-7-16(21)13-18(17)20(23)25-12-10-15(4)6-2/h5-8,13,21H,9-12H2,1-4H3. The Labute approximate surface area is 149 Å². The quantitative estimate of drug-likeness (QED) is 0.557. The average Bonchev–Trinajstić information content (AvgIpc) is 2.60. The van der Waals surface area contributed by atoms with Crippen LogP contribution < -0.4 is 0 Å². The van der Waals surface area contributed by atoms with Crippen molar-refractivity contribution in [1.82, 2.24) is 0 Å². The zero-order chi connectivity index (χ0) is 18.8. The molecule has 0 spiro atoms. The highest BCUT2D eigenvalue weighted by molar-refractivity contribution is 6.03. The Morgan fingerprint density at radius 1 is 0.920 bits per heavy atom. The van der Waals surface area contributed by atoms with Crippen LogP contribution in [0.1, 0.15) is 61.3 Å². The average molecular weight is 346 g/mol. The summed E-state index contributed by atoms with van der Waals surface area (Å²) < 4.78 is 10.4. The Hall–Kier alpha value is -2.56. The zero-order valence-corrected chi connectivity index (χ0v) is 15.3. The van der Waals surface area contributed by atoms with Crippen molar-refractivity contribution in [3.63, 3.8) is 0 Å². The van der Waals surface area contributed by atoms with E-state index in [2.05, 4.69) is 0 Å². The van der Waals surface area contributed by atoms with Crippen LogP contribution in [0.2, 0.25) is 0 Å². The van der Waals surface area contributed by atoms with Crippen molar-refractivity contribution in [1.29, 1.82) is 0 Å². The summed E-state index contributed by atoms with van der Waals surface area (Å²) in [6, 6.07) is 3.93. The Morgan fingerprint density at radius 3 is 1.88 bits per heavy atom. The van der Waals surface area contributed by atoms with Gasteiger partial charge in [0.15, 0.2) is 0 Å². The molecular weight excluding hydrogens is 320 g/mol. The summed E-state index contributed by atoms with van der Waals surface area (Å²) in [6.07, 6.45) is 5.13. The van der Waals surface area contributed by atoms with Crippen LogP contribution in [0.3, 0.4) is 0 Å². The molecule has 25 heavy (non-hydrogen) atoms. The molecular formula is C20H26O5. The Kier molecular flexibility index (Phi) is 8.47. The summed E-state index contributed by atoms with van der Waals surface area (Å²) in [5.74, 6) is -1.38. The zero-order valence-electron chi connectivity index (χ0n) is 15.3. The van der Waals surface area contributed by atoms with Crippen LogP contribution in [-0.4, -0.2) is 30.3 Å². The van der Waals surface area contributed by atoms with Crippen molar-refractivity contribution in [2.45, 2.75) is 40.5 Å². The third-order valence-electron chi connectivity index (χ3n) is 3.89. The number of phenolic OH excluding ortho intramolecular Hbond substituents is 1. The predicted octanol–water partition coefficient (Wildman–Crippen LogP) is 4.42. The fourth-order valence-corrected chi connectivity index (χ4v) is 1.93. The van der Waals surface area contributed by atoms with Crippen LogP contribution in [0, 0.1) is 0 Å². The molecule has 0 unspecified atom stereocenters. The summed E-state index contributed by atoms with van der Waals surface area (Å²) >= 11 is 0. The number of benzene rings is 1. The van der Waals surface area contributed by atoms with Crippen LogP contribution in [-0.2, 0) is 9.47 Å². The van der Waals surface area contributed by atoms with E-state index in [1.165, 1.54) is 18.2 Å². The van der Waals surface area contributed by atoms with E-state index in [-0.39, 0.29) is 30.1 Å². The van der Waals surface area contributed by atoms with E-state index in [1.54, 1.807) is 0 Å². The van der Waals surface area contributed by atoms with Gasteiger partial charge in [-0.2, -0.15) is 0 Å². The van der Waals surface area contributed by atoms with Crippen molar-refractivity contribution >= 4 is 11.9 Å². The van der Waals surface area contributed by atoms with E-state index in [1.807, 2.05) is 39.8 Å². The molecule has 0 amide bonds. The van der Waals surface area contributed by atoms with Crippen molar-refractivity contribution < 1.29 is 24.2 Å². The first-order chi connectivity index (χ1) is 11.9. The summed E-state index contributed by atoms with van der Waals surface area (Å²) in [5, 5.41) is 9.62. The molecule has 0 saturated carbocycles. The molecule has 0 fully saturated rings. The maximum atomic E-state index is 12.3. The van der Waals surface area contributed by atoms with Crippen LogP contribution in [0.4, 0.5) is 0 Å². The van der Waals surface area contributed by atoms with Gasteiger partial charge in [-0.3, -0.25) is 0 Å². The highest BCUT2D eigenvalue weighted by atomic mass is 16.5. The lowest BCUT2D eigenvalue weighted by Crippen LogP contribution is -2.15.